The van der Waals surface area contributed by atoms with Crippen LogP contribution in [0.1, 0.15) is 45.7 Å². The SMILES string of the molecule is CC(C)CCCC(C)Nc1cccc(C#N)n1. The number of anilines is 1. The van der Waals surface area contributed by atoms with Gasteiger partial charge in [-0.05, 0) is 31.4 Å². The molecule has 3 heteroatoms. The number of aromatic nitrogens is 1. The highest BCUT2D eigenvalue weighted by molar-refractivity contribution is 5.38. The van der Waals surface area contributed by atoms with Gasteiger partial charge in [-0.2, -0.15) is 5.26 Å². The fraction of sp³-hybridized carbons (Fsp3) is 0.571. The summed E-state index contributed by atoms with van der Waals surface area (Å²) in [4.78, 5) is 4.20. The zero-order chi connectivity index (χ0) is 12.7. The number of pyridine rings is 1. The standard InChI is InChI=1S/C14H21N3/c1-11(2)6-4-7-12(3)16-14-9-5-8-13(10-15)17-14/h5,8-9,11-12H,4,6-7H2,1-3H3,(H,16,17). The van der Waals surface area contributed by atoms with E-state index in [0.717, 1.165) is 18.2 Å². The van der Waals surface area contributed by atoms with E-state index < -0.39 is 0 Å². The van der Waals surface area contributed by atoms with Crippen LogP contribution >= 0.6 is 0 Å². The second kappa shape index (κ2) is 6.90. The quantitative estimate of drug-likeness (QED) is 0.814. The lowest BCUT2D eigenvalue weighted by molar-refractivity contribution is 0.520. The Kier molecular flexibility index (Phi) is 5.48. The summed E-state index contributed by atoms with van der Waals surface area (Å²) in [6.07, 6.45) is 3.62. The van der Waals surface area contributed by atoms with Crippen molar-refractivity contribution in [3.63, 3.8) is 0 Å². The first kappa shape index (κ1) is 13.5. The van der Waals surface area contributed by atoms with Gasteiger partial charge in [0.05, 0.1) is 0 Å². The summed E-state index contributed by atoms with van der Waals surface area (Å²) in [5, 5.41) is 12.1. The van der Waals surface area contributed by atoms with E-state index in [1.807, 2.05) is 18.2 Å². The Hall–Kier alpha value is -1.56. The Morgan fingerprint density at radius 3 is 2.71 bits per heavy atom. The molecular formula is C14H21N3. The van der Waals surface area contributed by atoms with Gasteiger partial charge < -0.3 is 5.32 Å². The molecule has 3 nitrogen and oxygen atoms in total. The van der Waals surface area contributed by atoms with Gasteiger partial charge in [0.15, 0.2) is 0 Å². The maximum Gasteiger partial charge on any atom is 0.142 e. The number of hydrogen-bond donors (Lipinski definition) is 1. The molecule has 0 spiro atoms. The molecule has 0 aliphatic rings. The fourth-order valence-electron chi connectivity index (χ4n) is 1.73. The van der Waals surface area contributed by atoms with Gasteiger partial charge in [0.25, 0.3) is 0 Å². The van der Waals surface area contributed by atoms with Crippen LogP contribution in [0.5, 0.6) is 0 Å². The number of nitriles is 1. The van der Waals surface area contributed by atoms with Crippen LogP contribution in [0.15, 0.2) is 18.2 Å². The summed E-state index contributed by atoms with van der Waals surface area (Å²) in [5.74, 6) is 1.56. The zero-order valence-electron chi connectivity index (χ0n) is 10.9. The lowest BCUT2D eigenvalue weighted by atomic mass is 10.0. The number of rotatable bonds is 6. The first-order valence-corrected chi connectivity index (χ1v) is 6.25. The van der Waals surface area contributed by atoms with Gasteiger partial charge in [-0.3, -0.25) is 0 Å². The van der Waals surface area contributed by atoms with Crippen LogP contribution in [0.4, 0.5) is 5.82 Å². The third-order valence-corrected chi connectivity index (χ3v) is 2.68. The molecule has 0 fully saturated rings. The molecule has 1 unspecified atom stereocenters. The highest BCUT2D eigenvalue weighted by atomic mass is 15.0. The molecule has 0 saturated carbocycles. The van der Waals surface area contributed by atoms with Crippen LogP contribution < -0.4 is 5.32 Å². The Labute approximate surface area is 104 Å². The average Bonchev–Trinajstić information content (AvgIpc) is 2.28. The van der Waals surface area contributed by atoms with Gasteiger partial charge >= 0.3 is 0 Å². The van der Waals surface area contributed by atoms with Gasteiger partial charge in [-0.25, -0.2) is 4.98 Å². The molecule has 1 rings (SSSR count). The molecule has 1 heterocycles. The molecule has 1 atom stereocenters. The highest BCUT2D eigenvalue weighted by Crippen LogP contribution is 2.12. The van der Waals surface area contributed by atoms with Crippen LogP contribution in [0.3, 0.4) is 0 Å². The minimum absolute atomic E-state index is 0.398. The molecule has 0 aliphatic carbocycles. The molecule has 1 aromatic heterocycles. The van der Waals surface area contributed by atoms with Gasteiger partial charge in [-0.1, -0.05) is 32.8 Å². The minimum Gasteiger partial charge on any atom is -0.368 e. The lowest BCUT2D eigenvalue weighted by Gasteiger charge is -2.15. The molecule has 0 bridgehead atoms. The monoisotopic (exact) mass is 231 g/mol. The van der Waals surface area contributed by atoms with Crippen LogP contribution in [0.2, 0.25) is 0 Å². The van der Waals surface area contributed by atoms with E-state index in [2.05, 4.69) is 31.1 Å². The summed E-state index contributed by atoms with van der Waals surface area (Å²) < 4.78 is 0. The van der Waals surface area contributed by atoms with Crippen LogP contribution in [0.25, 0.3) is 0 Å². The second-order valence-electron chi connectivity index (χ2n) is 4.89. The topological polar surface area (TPSA) is 48.7 Å². The molecule has 0 aliphatic heterocycles. The maximum atomic E-state index is 8.76. The minimum atomic E-state index is 0.398. The summed E-state index contributed by atoms with van der Waals surface area (Å²) in [7, 11) is 0. The summed E-state index contributed by atoms with van der Waals surface area (Å²) in [6.45, 7) is 6.65. The highest BCUT2D eigenvalue weighted by Gasteiger charge is 2.04. The first-order chi connectivity index (χ1) is 8.11. The Morgan fingerprint density at radius 1 is 1.29 bits per heavy atom. The second-order valence-corrected chi connectivity index (χ2v) is 4.89. The Morgan fingerprint density at radius 2 is 2.06 bits per heavy atom. The zero-order valence-corrected chi connectivity index (χ0v) is 10.9. The van der Waals surface area contributed by atoms with E-state index in [9.17, 15) is 0 Å². The maximum absolute atomic E-state index is 8.76. The third-order valence-electron chi connectivity index (χ3n) is 2.68. The van der Waals surface area contributed by atoms with Crippen molar-refractivity contribution < 1.29 is 0 Å². The lowest BCUT2D eigenvalue weighted by Crippen LogP contribution is -2.16. The Bertz CT molecular complexity index is 379. The molecule has 0 saturated heterocycles. The molecule has 0 aromatic carbocycles. The average molecular weight is 231 g/mol. The molecule has 1 aromatic rings. The van der Waals surface area contributed by atoms with Crippen molar-refractivity contribution in [2.75, 3.05) is 5.32 Å². The van der Waals surface area contributed by atoms with Crippen LogP contribution in [-0.4, -0.2) is 11.0 Å². The smallest absolute Gasteiger partial charge is 0.142 e. The van der Waals surface area contributed by atoms with Crippen molar-refractivity contribution in [3.8, 4) is 6.07 Å². The Balaban J connectivity index is 2.39. The summed E-state index contributed by atoms with van der Waals surface area (Å²) in [6, 6.07) is 7.92. The molecule has 0 radical (unpaired) electrons. The van der Waals surface area contributed by atoms with Gasteiger partial charge in [0.1, 0.15) is 17.6 Å². The third kappa shape index (κ3) is 5.35. The molecule has 17 heavy (non-hydrogen) atoms. The number of hydrogen-bond acceptors (Lipinski definition) is 3. The van der Waals surface area contributed by atoms with Gasteiger partial charge in [0.2, 0.25) is 0 Å². The van der Waals surface area contributed by atoms with Crippen molar-refractivity contribution in [3.05, 3.63) is 23.9 Å². The van der Waals surface area contributed by atoms with E-state index in [-0.39, 0.29) is 0 Å². The van der Waals surface area contributed by atoms with E-state index in [1.54, 1.807) is 6.07 Å². The van der Waals surface area contributed by atoms with E-state index in [1.165, 1.54) is 12.8 Å². The van der Waals surface area contributed by atoms with E-state index >= 15 is 0 Å². The predicted octanol–water partition coefficient (Wildman–Crippen LogP) is 3.58. The van der Waals surface area contributed by atoms with Crippen LogP contribution in [0, 0.1) is 17.2 Å². The van der Waals surface area contributed by atoms with Crippen molar-refractivity contribution in [2.24, 2.45) is 5.92 Å². The fourth-order valence-corrected chi connectivity index (χ4v) is 1.73. The summed E-state index contributed by atoms with van der Waals surface area (Å²) >= 11 is 0. The van der Waals surface area contributed by atoms with Crippen LogP contribution in [-0.2, 0) is 0 Å². The van der Waals surface area contributed by atoms with E-state index in [4.69, 9.17) is 5.26 Å². The van der Waals surface area contributed by atoms with E-state index in [0.29, 0.717) is 11.7 Å². The van der Waals surface area contributed by atoms with Gasteiger partial charge in [-0.15, -0.1) is 0 Å². The van der Waals surface area contributed by atoms with Crippen molar-refractivity contribution in [1.82, 2.24) is 4.98 Å². The first-order valence-electron chi connectivity index (χ1n) is 6.25. The largest absolute Gasteiger partial charge is 0.368 e. The number of nitrogens with zero attached hydrogens (tertiary/aromatic N) is 2. The van der Waals surface area contributed by atoms with Gasteiger partial charge in [0, 0.05) is 6.04 Å². The molecule has 1 N–H and O–H groups in total. The van der Waals surface area contributed by atoms with Crippen molar-refractivity contribution in [2.45, 2.75) is 46.1 Å². The summed E-state index contributed by atoms with van der Waals surface area (Å²) in [5.41, 5.74) is 0.462. The van der Waals surface area contributed by atoms with Crippen molar-refractivity contribution in [1.29, 1.82) is 5.26 Å². The van der Waals surface area contributed by atoms with Crippen molar-refractivity contribution >= 4 is 5.82 Å². The molecule has 92 valence electrons. The number of nitrogens with one attached hydrogen (secondary N) is 1. The normalized spacial score (nSPS) is 12.2. The predicted molar refractivity (Wildman–Crippen MR) is 70.7 cm³/mol. The molecule has 0 amide bonds. The molecular weight excluding hydrogens is 210 g/mol.